The number of nitrogens with zero attached hydrogens (tertiary/aromatic N) is 1. The molecular formula is C16H15NO4. The van der Waals surface area contributed by atoms with Gasteiger partial charge in [-0.1, -0.05) is 19.1 Å². The van der Waals surface area contributed by atoms with Gasteiger partial charge in [0.15, 0.2) is 12.4 Å². The van der Waals surface area contributed by atoms with E-state index in [1.165, 1.54) is 24.5 Å². The fourth-order valence-electron chi connectivity index (χ4n) is 2.19. The molecule has 0 fully saturated rings. The lowest BCUT2D eigenvalue weighted by atomic mass is 9.93. The minimum atomic E-state index is -1.05. The van der Waals surface area contributed by atoms with Gasteiger partial charge < -0.3 is 15.4 Å². The molecule has 0 radical (unpaired) electrons. The van der Waals surface area contributed by atoms with Gasteiger partial charge in [-0.15, -0.1) is 0 Å². The Hall–Kier alpha value is -2.82. The van der Waals surface area contributed by atoms with Crippen LogP contribution in [-0.2, 0) is 4.79 Å². The van der Waals surface area contributed by atoms with Gasteiger partial charge in [-0.05, 0) is 35.3 Å². The zero-order chi connectivity index (χ0) is 15.4. The highest BCUT2D eigenvalue weighted by Crippen LogP contribution is 2.29. The summed E-state index contributed by atoms with van der Waals surface area (Å²) in [5.74, 6) is -0.968. The number of benzene rings is 1. The molecule has 5 heteroatoms. The van der Waals surface area contributed by atoms with Crippen LogP contribution in [0.1, 0.15) is 24.5 Å². The number of carboxylic acid groups (broad SMARTS) is 1. The molecule has 1 aromatic carbocycles. The highest BCUT2D eigenvalue weighted by Gasteiger charge is 2.17. The Morgan fingerprint density at radius 2 is 1.67 bits per heavy atom. The van der Waals surface area contributed by atoms with Crippen LogP contribution in [0.4, 0.5) is 0 Å². The van der Waals surface area contributed by atoms with Crippen LogP contribution in [0.2, 0.25) is 0 Å². The number of pyridine rings is 1. The molecule has 0 saturated carbocycles. The largest absolute Gasteiger partial charge is 0.619 e. The number of aromatic hydroxyl groups is 1. The number of carbonyl (C=O) groups is 1. The minimum absolute atomic E-state index is 0.0774. The lowest BCUT2D eigenvalue weighted by Gasteiger charge is -2.11. The van der Waals surface area contributed by atoms with Crippen LogP contribution < -0.4 is 4.73 Å². The predicted octanol–water partition coefficient (Wildman–Crippen LogP) is 2.43. The number of aromatic nitrogens is 1. The van der Waals surface area contributed by atoms with Crippen molar-refractivity contribution in [3.05, 3.63) is 65.1 Å². The van der Waals surface area contributed by atoms with Gasteiger partial charge in [0, 0.05) is 12.1 Å². The summed E-state index contributed by atoms with van der Waals surface area (Å²) >= 11 is 0. The van der Waals surface area contributed by atoms with E-state index in [0.29, 0.717) is 27.9 Å². The van der Waals surface area contributed by atoms with Crippen molar-refractivity contribution in [2.45, 2.75) is 13.3 Å². The zero-order valence-corrected chi connectivity index (χ0v) is 11.5. The summed E-state index contributed by atoms with van der Waals surface area (Å²) in [6.45, 7) is 1.86. The molecule has 0 aliphatic heterocycles. The number of hydrogen-bond acceptors (Lipinski definition) is 3. The van der Waals surface area contributed by atoms with Gasteiger partial charge in [-0.3, -0.25) is 0 Å². The molecule has 0 bridgehead atoms. The van der Waals surface area contributed by atoms with Gasteiger partial charge in [-0.25, -0.2) is 4.79 Å². The number of phenolic OH excluding ortho intramolecular Hbond substituents is 1. The van der Waals surface area contributed by atoms with Gasteiger partial charge in [0.25, 0.3) is 0 Å². The Morgan fingerprint density at radius 3 is 2.14 bits per heavy atom. The third-order valence-corrected chi connectivity index (χ3v) is 3.18. The van der Waals surface area contributed by atoms with Gasteiger partial charge >= 0.3 is 5.97 Å². The van der Waals surface area contributed by atoms with Crippen LogP contribution in [-0.4, -0.2) is 16.2 Å². The predicted molar refractivity (Wildman–Crippen MR) is 78.2 cm³/mol. The van der Waals surface area contributed by atoms with Crippen molar-refractivity contribution in [3.63, 3.8) is 0 Å². The van der Waals surface area contributed by atoms with Gasteiger partial charge in [0.05, 0.1) is 5.57 Å². The molecule has 0 aliphatic rings. The molecule has 0 aliphatic carbocycles. The van der Waals surface area contributed by atoms with E-state index in [-0.39, 0.29) is 11.3 Å². The highest BCUT2D eigenvalue weighted by atomic mass is 16.5. The summed E-state index contributed by atoms with van der Waals surface area (Å²) in [6.07, 6.45) is 3.17. The van der Waals surface area contributed by atoms with Crippen molar-refractivity contribution in [1.29, 1.82) is 0 Å². The fraction of sp³-hybridized carbons (Fsp3) is 0.125. The van der Waals surface area contributed by atoms with Crippen molar-refractivity contribution < 1.29 is 19.7 Å². The lowest BCUT2D eigenvalue weighted by Crippen LogP contribution is -2.23. The molecule has 1 heterocycles. The van der Waals surface area contributed by atoms with Gasteiger partial charge in [0.1, 0.15) is 5.75 Å². The second-order valence-electron chi connectivity index (χ2n) is 4.51. The summed E-state index contributed by atoms with van der Waals surface area (Å²) < 4.78 is 0.651. The quantitative estimate of drug-likeness (QED) is 0.513. The van der Waals surface area contributed by atoms with Crippen LogP contribution in [0.5, 0.6) is 5.75 Å². The molecule has 2 N–H and O–H groups in total. The minimum Gasteiger partial charge on any atom is -0.619 e. The first kappa shape index (κ1) is 14.6. The molecule has 0 unspecified atom stereocenters. The van der Waals surface area contributed by atoms with Crippen LogP contribution in [0.3, 0.4) is 0 Å². The Bertz CT molecular complexity index is 672. The van der Waals surface area contributed by atoms with Gasteiger partial charge in [0.2, 0.25) is 0 Å². The fourth-order valence-corrected chi connectivity index (χ4v) is 2.19. The average molecular weight is 285 g/mol. The smallest absolute Gasteiger partial charge is 0.336 e. The summed E-state index contributed by atoms with van der Waals surface area (Å²) in [6, 6.07) is 9.20. The van der Waals surface area contributed by atoms with Crippen LogP contribution in [0.25, 0.3) is 11.1 Å². The lowest BCUT2D eigenvalue weighted by molar-refractivity contribution is -0.605. The molecule has 0 atom stereocenters. The van der Waals surface area contributed by atoms with E-state index in [4.69, 9.17) is 0 Å². The summed E-state index contributed by atoms with van der Waals surface area (Å²) in [4.78, 5) is 11.6. The number of aliphatic carboxylic acids is 1. The average Bonchev–Trinajstić information content (AvgIpc) is 2.47. The van der Waals surface area contributed by atoms with Crippen LogP contribution in [0.15, 0.2) is 48.8 Å². The highest BCUT2D eigenvalue weighted by molar-refractivity contribution is 6.23. The van der Waals surface area contributed by atoms with E-state index in [9.17, 15) is 20.2 Å². The normalized spacial score (nSPS) is 11.9. The Labute approximate surface area is 122 Å². The van der Waals surface area contributed by atoms with Gasteiger partial charge in [-0.2, -0.15) is 4.73 Å². The SMILES string of the molecule is CCC(=C(C(=O)O)c1ccc(O)cc1)c1cc[n+]([O-])cc1. The molecule has 2 rings (SSSR count). The summed E-state index contributed by atoms with van der Waals surface area (Å²) in [5.41, 5.74) is 2.00. The molecule has 0 spiro atoms. The Balaban J connectivity index is 2.62. The first-order valence-corrected chi connectivity index (χ1v) is 6.48. The Morgan fingerprint density at radius 1 is 1.10 bits per heavy atom. The van der Waals surface area contributed by atoms with E-state index >= 15 is 0 Å². The van der Waals surface area contributed by atoms with Crippen molar-refractivity contribution >= 4 is 17.1 Å². The molecule has 2 aromatic rings. The number of allylic oxidation sites excluding steroid dienone is 1. The maximum Gasteiger partial charge on any atom is 0.336 e. The van der Waals surface area contributed by atoms with Crippen LogP contribution in [0, 0.1) is 5.21 Å². The van der Waals surface area contributed by atoms with E-state index < -0.39 is 5.97 Å². The molecule has 1 aromatic heterocycles. The molecule has 108 valence electrons. The maximum absolute atomic E-state index is 11.6. The second-order valence-corrected chi connectivity index (χ2v) is 4.51. The first-order chi connectivity index (χ1) is 10.0. The topological polar surface area (TPSA) is 84.5 Å². The Kier molecular flexibility index (Phi) is 4.23. The van der Waals surface area contributed by atoms with E-state index in [2.05, 4.69) is 0 Å². The van der Waals surface area contributed by atoms with Crippen molar-refractivity contribution in [2.24, 2.45) is 0 Å². The first-order valence-electron chi connectivity index (χ1n) is 6.48. The molecule has 5 nitrogen and oxygen atoms in total. The third kappa shape index (κ3) is 3.20. The number of phenols is 1. The summed E-state index contributed by atoms with van der Waals surface area (Å²) in [7, 11) is 0. The monoisotopic (exact) mass is 285 g/mol. The second kappa shape index (κ2) is 6.09. The zero-order valence-electron chi connectivity index (χ0n) is 11.5. The van der Waals surface area contributed by atoms with Crippen LogP contribution >= 0.6 is 0 Å². The van der Waals surface area contributed by atoms with E-state index in [1.54, 1.807) is 24.3 Å². The third-order valence-electron chi connectivity index (χ3n) is 3.18. The number of carboxylic acids is 1. The van der Waals surface area contributed by atoms with Crippen molar-refractivity contribution in [3.8, 4) is 5.75 Å². The van der Waals surface area contributed by atoms with Crippen molar-refractivity contribution in [2.75, 3.05) is 0 Å². The standard InChI is InChI=1S/C16H15NO4/c1-2-14(11-7-9-17(21)10-8-11)15(16(19)20)12-3-5-13(18)6-4-12/h3-10,18H,2H2,1H3,(H,19,20). The molecular weight excluding hydrogens is 270 g/mol. The van der Waals surface area contributed by atoms with E-state index in [0.717, 1.165) is 0 Å². The van der Waals surface area contributed by atoms with E-state index in [1.807, 2.05) is 6.92 Å². The molecule has 0 amide bonds. The number of rotatable bonds is 4. The molecule has 0 saturated heterocycles. The maximum atomic E-state index is 11.6. The van der Waals surface area contributed by atoms with Crippen molar-refractivity contribution in [1.82, 2.24) is 0 Å². The summed E-state index contributed by atoms with van der Waals surface area (Å²) in [5, 5.41) is 29.9. The molecule has 21 heavy (non-hydrogen) atoms. The number of hydrogen-bond donors (Lipinski definition) is 2.